The van der Waals surface area contributed by atoms with Gasteiger partial charge in [-0.25, -0.2) is 9.78 Å². The number of nitrogens with zero attached hydrogens (tertiary/aromatic N) is 2. The topological polar surface area (TPSA) is 104 Å². The highest BCUT2D eigenvalue weighted by atomic mass is 19.4. The maximum absolute atomic E-state index is 12.4. The number of carboxylic acid groups (broad SMARTS) is 1. The van der Waals surface area contributed by atoms with Crippen LogP contribution in [-0.4, -0.2) is 29.5 Å². The van der Waals surface area contributed by atoms with Crippen LogP contribution in [0.1, 0.15) is 21.5 Å². The molecule has 0 aliphatic carbocycles. The van der Waals surface area contributed by atoms with Crippen molar-refractivity contribution in [1.82, 2.24) is 4.98 Å². The van der Waals surface area contributed by atoms with Crippen LogP contribution in [0.25, 0.3) is 11.1 Å². The molecule has 0 spiro atoms. The van der Waals surface area contributed by atoms with Crippen molar-refractivity contribution in [2.45, 2.75) is 12.9 Å². The quantitative estimate of drug-likeness (QED) is 0.539. The van der Waals surface area contributed by atoms with E-state index in [4.69, 9.17) is 4.74 Å². The molecule has 0 saturated carbocycles. The summed E-state index contributed by atoms with van der Waals surface area (Å²) in [5.41, 5.74) is 1.52. The van der Waals surface area contributed by atoms with E-state index in [1.54, 1.807) is 18.2 Å². The summed E-state index contributed by atoms with van der Waals surface area (Å²) in [6.07, 6.45) is -3.28. The van der Waals surface area contributed by atoms with Crippen molar-refractivity contribution in [3.05, 3.63) is 71.4 Å². The van der Waals surface area contributed by atoms with Crippen LogP contribution in [0.2, 0.25) is 0 Å². The van der Waals surface area contributed by atoms with Crippen LogP contribution in [0.3, 0.4) is 0 Å². The molecule has 1 aromatic heterocycles. The molecule has 7 nitrogen and oxygen atoms in total. The molecule has 1 heterocycles. The van der Waals surface area contributed by atoms with Gasteiger partial charge >= 0.3 is 12.3 Å². The van der Waals surface area contributed by atoms with E-state index < -0.39 is 12.3 Å². The summed E-state index contributed by atoms with van der Waals surface area (Å²) < 4.78 is 46.0. The van der Waals surface area contributed by atoms with E-state index in [2.05, 4.69) is 15.0 Å². The zero-order valence-corrected chi connectivity index (χ0v) is 16.6. The number of carbonyl (C=O) groups is 1. The Kier molecular flexibility index (Phi) is 6.49. The third-order valence-electron chi connectivity index (χ3n) is 4.35. The number of hydrogen-bond donors (Lipinski definition) is 2. The number of ether oxygens (including phenoxy) is 2. The van der Waals surface area contributed by atoms with Gasteiger partial charge in [0.2, 0.25) is 0 Å². The number of alkyl halides is 3. The molecule has 0 unspecified atom stereocenters. The Morgan fingerprint density at radius 2 is 1.97 bits per heavy atom. The number of pyridine rings is 1. The number of aromatic nitrogens is 1. The second-order valence-corrected chi connectivity index (χ2v) is 6.50. The minimum Gasteiger partial charge on any atom is -0.494 e. The van der Waals surface area contributed by atoms with Crippen LogP contribution in [0.4, 0.5) is 19.0 Å². The summed E-state index contributed by atoms with van der Waals surface area (Å²) in [6, 6.07) is 13.7. The number of halogens is 3. The lowest BCUT2D eigenvalue weighted by Gasteiger charge is -2.12. The molecule has 0 bridgehead atoms. The van der Waals surface area contributed by atoms with Crippen molar-refractivity contribution in [3.8, 4) is 28.7 Å². The molecular weight excluding hydrogens is 427 g/mol. The molecule has 3 aromatic rings. The van der Waals surface area contributed by atoms with Gasteiger partial charge in [-0.2, -0.15) is 5.26 Å². The number of hydrogen-bond acceptors (Lipinski definition) is 6. The molecule has 0 fully saturated rings. The third-order valence-corrected chi connectivity index (χ3v) is 4.35. The summed E-state index contributed by atoms with van der Waals surface area (Å²) in [6.45, 7) is 0.200. The Labute approximate surface area is 180 Å². The Morgan fingerprint density at radius 1 is 1.19 bits per heavy atom. The standard InChI is InChI=1S/C22H16F3N3O4/c1-31-20-16(10-26)8-15(9-18(20)21(29)30)14-5-6-19(28-12-14)27-11-13-3-2-4-17(7-13)32-22(23,24)25/h2-9,12H,11H2,1H3,(H,27,28)(H,29,30). The fourth-order valence-corrected chi connectivity index (χ4v) is 2.97. The molecule has 0 aliphatic rings. The Balaban J connectivity index is 1.76. The Bertz CT molecular complexity index is 1170. The molecule has 164 valence electrons. The lowest BCUT2D eigenvalue weighted by molar-refractivity contribution is -0.274. The van der Waals surface area contributed by atoms with Crippen molar-refractivity contribution in [2.24, 2.45) is 0 Å². The van der Waals surface area contributed by atoms with Gasteiger partial charge in [0.15, 0.2) is 5.75 Å². The maximum Gasteiger partial charge on any atom is 0.573 e. The van der Waals surface area contributed by atoms with Gasteiger partial charge in [0, 0.05) is 18.3 Å². The predicted octanol–water partition coefficient (Wildman–Crippen LogP) is 4.84. The number of anilines is 1. The summed E-state index contributed by atoms with van der Waals surface area (Å²) >= 11 is 0. The van der Waals surface area contributed by atoms with Crippen LogP contribution in [0.15, 0.2) is 54.7 Å². The molecule has 0 amide bonds. The van der Waals surface area contributed by atoms with Gasteiger partial charge in [-0.3, -0.25) is 0 Å². The number of nitriles is 1. The molecule has 0 radical (unpaired) electrons. The number of methoxy groups -OCH3 is 1. The summed E-state index contributed by atoms with van der Waals surface area (Å²) in [7, 11) is 1.29. The Hall–Kier alpha value is -4.26. The number of nitrogens with one attached hydrogen (secondary N) is 1. The minimum absolute atomic E-state index is 0.0215. The number of aromatic carboxylic acids is 1. The van der Waals surface area contributed by atoms with Crippen molar-refractivity contribution in [3.63, 3.8) is 0 Å². The molecule has 2 N–H and O–H groups in total. The van der Waals surface area contributed by atoms with Gasteiger partial charge in [-0.15, -0.1) is 13.2 Å². The average Bonchev–Trinajstić information content (AvgIpc) is 2.76. The molecule has 0 atom stereocenters. The van der Waals surface area contributed by atoms with Crippen molar-refractivity contribution in [1.29, 1.82) is 5.26 Å². The summed E-state index contributed by atoms with van der Waals surface area (Å²) in [4.78, 5) is 15.8. The SMILES string of the molecule is COc1c(C#N)cc(-c2ccc(NCc3cccc(OC(F)(F)F)c3)nc2)cc1C(=O)O. The summed E-state index contributed by atoms with van der Waals surface area (Å²) in [5.74, 6) is -1.12. The predicted molar refractivity (Wildman–Crippen MR) is 108 cm³/mol. The van der Waals surface area contributed by atoms with Crippen molar-refractivity contribution < 1.29 is 32.5 Å². The molecular formula is C22H16F3N3O4. The van der Waals surface area contributed by atoms with Crippen LogP contribution in [0.5, 0.6) is 11.5 Å². The fraction of sp³-hybridized carbons (Fsp3) is 0.136. The highest BCUT2D eigenvalue weighted by molar-refractivity contribution is 5.94. The highest BCUT2D eigenvalue weighted by Crippen LogP contribution is 2.31. The normalized spacial score (nSPS) is 10.8. The zero-order chi connectivity index (χ0) is 23.3. The molecule has 3 rings (SSSR count). The average molecular weight is 443 g/mol. The second-order valence-electron chi connectivity index (χ2n) is 6.50. The first kappa shape index (κ1) is 22.4. The smallest absolute Gasteiger partial charge is 0.494 e. The second kappa shape index (κ2) is 9.26. The van der Waals surface area contributed by atoms with Crippen LogP contribution in [0, 0.1) is 11.3 Å². The fourth-order valence-electron chi connectivity index (χ4n) is 2.97. The van der Waals surface area contributed by atoms with E-state index in [1.807, 2.05) is 6.07 Å². The van der Waals surface area contributed by atoms with Crippen molar-refractivity contribution >= 4 is 11.8 Å². The van der Waals surface area contributed by atoms with Crippen LogP contribution < -0.4 is 14.8 Å². The first-order valence-electron chi connectivity index (χ1n) is 9.10. The van der Waals surface area contributed by atoms with E-state index in [0.29, 0.717) is 22.5 Å². The summed E-state index contributed by atoms with van der Waals surface area (Å²) in [5, 5.41) is 21.7. The van der Waals surface area contributed by atoms with Gasteiger partial charge in [-0.05, 0) is 47.5 Å². The lowest BCUT2D eigenvalue weighted by atomic mass is 10.00. The molecule has 0 aliphatic heterocycles. The number of carboxylic acids is 1. The van der Waals surface area contributed by atoms with E-state index in [1.165, 1.54) is 43.6 Å². The third kappa shape index (κ3) is 5.46. The molecule has 0 saturated heterocycles. The van der Waals surface area contributed by atoms with E-state index in [9.17, 15) is 28.3 Å². The Morgan fingerprint density at radius 3 is 2.56 bits per heavy atom. The van der Waals surface area contributed by atoms with E-state index in [-0.39, 0.29) is 29.2 Å². The molecule has 2 aromatic carbocycles. The van der Waals surface area contributed by atoms with Gasteiger partial charge in [0.05, 0.1) is 12.7 Å². The molecule has 10 heteroatoms. The van der Waals surface area contributed by atoms with Gasteiger partial charge in [0.1, 0.15) is 23.2 Å². The van der Waals surface area contributed by atoms with Crippen LogP contribution in [-0.2, 0) is 6.54 Å². The van der Waals surface area contributed by atoms with Gasteiger partial charge < -0.3 is 19.9 Å². The number of rotatable bonds is 7. The first-order valence-corrected chi connectivity index (χ1v) is 9.10. The van der Waals surface area contributed by atoms with Crippen LogP contribution >= 0.6 is 0 Å². The van der Waals surface area contributed by atoms with E-state index >= 15 is 0 Å². The lowest BCUT2D eigenvalue weighted by Crippen LogP contribution is -2.17. The van der Waals surface area contributed by atoms with Crippen molar-refractivity contribution in [2.75, 3.05) is 12.4 Å². The largest absolute Gasteiger partial charge is 0.573 e. The highest BCUT2D eigenvalue weighted by Gasteiger charge is 2.31. The first-order chi connectivity index (χ1) is 15.2. The van der Waals surface area contributed by atoms with Gasteiger partial charge in [0.25, 0.3) is 0 Å². The maximum atomic E-state index is 12.4. The van der Waals surface area contributed by atoms with Gasteiger partial charge in [-0.1, -0.05) is 12.1 Å². The zero-order valence-electron chi connectivity index (χ0n) is 16.6. The van der Waals surface area contributed by atoms with E-state index in [0.717, 1.165) is 0 Å². The molecule has 32 heavy (non-hydrogen) atoms. The minimum atomic E-state index is -4.77. The monoisotopic (exact) mass is 443 g/mol. The number of benzene rings is 2.